The van der Waals surface area contributed by atoms with Gasteiger partial charge in [-0.2, -0.15) is 0 Å². The zero-order valence-corrected chi connectivity index (χ0v) is 15.7. The second kappa shape index (κ2) is 9.03. The van der Waals surface area contributed by atoms with E-state index in [1.54, 1.807) is 0 Å². The number of aromatic nitrogens is 2. The Kier molecular flexibility index (Phi) is 6.26. The van der Waals surface area contributed by atoms with Crippen LogP contribution in [-0.4, -0.2) is 29.2 Å². The van der Waals surface area contributed by atoms with Gasteiger partial charge in [0, 0.05) is 24.7 Å². The third-order valence-corrected chi connectivity index (χ3v) is 4.10. The van der Waals surface area contributed by atoms with Crippen molar-refractivity contribution >= 4 is 6.09 Å². The summed E-state index contributed by atoms with van der Waals surface area (Å²) in [6.07, 6.45) is 2.14. The first-order chi connectivity index (χ1) is 13.1. The molecular formula is C22H25N3O2. The molecule has 1 amide bonds. The summed E-state index contributed by atoms with van der Waals surface area (Å²) < 4.78 is 5.10. The lowest BCUT2D eigenvalue weighted by Crippen LogP contribution is -2.27. The summed E-state index contributed by atoms with van der Waals surface area (Å²) in [4.78, 5) is 19.5. The highest BCUT2D eigenvalue weighted by Crippen LogP contribution is 2.30. The molecular weight excluding hydrogens is 338 g/mol. The molecule has 0 bridgehead atoms. The van der Waals surface area contributed by atoms with Crippen LogP contribution in [0, 0.1) is 5.92 Å². The highest BCUT2D eigenvalue weighted by atomic mass is 16.5. The van der Waals surface area contributed by atoms with Crippen molar-refractivity contribution in [2.45, 2.75) is 20.3 Å². The van der Waals surface area contributed by atoms with Gasteiger partial charge in [-0.3, -0.25) is 0 Å². The average Bonchev–Trinajstić information content (AvgIpc) is 3.16. The molecule has 0 aliphatic carbocycles. The Morgan fingerprint density at radius 1 is 1.07 bits per heavy atom. The number of amides is 1. The van der Waals surface area contributed by atoms with Crippen LogP contribution in [0.1, 0.15) is 19.7 Å². The molecule has 0 atom stereocenters. The van der Waals surface area contributed by atoms with E-state index in [0.29, 0.717) is 25.5 Å². The zero-order valence-electron chi connectivity index (χ0n) is 15.7. The monoisotopic (exact) mass is 363 g/mol. The van der Waals surface area contributed by atoms with E-state index in [0.717, 1.165) is 28.2 Å². The molecule has 3 rings (SSSR count). The Labute approximate surface area is 159 Å². The van der Waals surface area contributed by atoms with Crippen LogP contribution in [0.3, 0.4) is 0 Å². The maximum Gasteiger partial charge on any atom is 0.407 e. The van der Waals surface area contributed by atoms with Crippen LogP contribution < -0.4 is 5.32 Å². The van der Waals surface area contributed by atoms with E-state index < -0.39 is 0 Å². The first-order valence-corrected chi connectivity index (χ1v) is 9.23. The van der Waals surface area contributed by atoms with Gasteiger partial charge < -0.3 is 15.0 Å². The Hall–Kier alpha value is -3.08. The fourth-order valence-electron chi connectivity index (χ4n) is 2.78. The third-order valence-electron chi connectivity index (χ3n) is 4.10. The molecule has 0 aliphatic rings. The summed E-state index contributed by atoms with van der Waals surface area (Å²) in [5.41, 5.74) is 4.28. The minimum absolute atomic E-state index is 0.327. The molecule has 5 heteroatoms. The van der Waals surface area contributed by atoms with E-state index in [9.17, 15) is 4.79 Å². The fraction of sp³-hybridized carbons (Fsp3) is 0.273. The van der Waals surface area contributed by atoms with Crippen molar-refractivity contribution in [3.05, 3.63) is 66.6 Å². The Balaban J connectivity index is 1.64. The SMILES string of the molecule is CC(C)COC(=O)NCCc1nc(-c2ccccc2-c2ccccc2)c[nH]1. The van der Waals surface area contributed by atoms with Crippen LogP contribution in [0.25, 0.3) is 22.4 Å². The van der Waals surface area contributed by atoms with Gasteiger partial charge in [-0.1, -0.05) is 68.4 Å². The molecule has 2 aromatic carbocycles. The molecule has 2 N–H and O–H groups in total. The number of rotatable bonds is 7. The van der Waals surface area contributed by atoms with Crippen molar-refractivity contribution < 1.29 is 9.53 Å². The van der Waals surface area contributed by atoms with Crippen molar-refractivity contribution in [2.24, 2.45) is 5.92 Å². The smallest absolute Gasteiger partial charge is 0.407 e. The fourth-order valence-corrected chi connectivity index (χ4v) is 2.78. The van der Waals surface area contributed by atoms with E-state index in [2.05, 4.69) is 34.6 Å². The second-order valence-corrected chi connectivity index (χ2v) is 6.81. The molecule has 0 spiro atoms. The molecule has 0 unspecified atom stereocenters. The number of benzene rings is 2. The minimum Gasteiger partial charge on any atom is -0.449 e. The van der Waals surface area contributed by atoms with E-state index in [1.165, 1.54) is 0 Å². The van der Waals surface area contributed by atoms with Crippen LogP contribution in [0.2, 0.25) is 0 Å². The lowest BCUT2D eigenvalue weighted by molar-refractivity contribution is 0.133. The third kappa shape index (κ3) is 5.20. The van der Waals surface area contributed by atoms with Crippen molar-refractivity contribution in [2.75, 3.05) is 13.2 Å². The number of ether oxygens (including phenoxy) is 1. The van der Waals surface area contributed by atoms with Gasteiger partial charge in [0.1, 0.15) is 5.82 Å². The van der Waals surface area contributed by atoms with Crippen LogP contribution >= 0.6 is 0 Å². The molecule has 0 aliphatic heterocycles. The van der Waals surface area contributed by atoms with E-state index in [1.807, 2.05) is 50.4 Å². The average molecular weight is 363 g/mol. The molecule has 27 heavy (non-hydrogen) atoms. The van der Waals surface area contributed by atoms with Crippen LogP contribution in [0.4, 0.5) is 4.79 Å². The molecule has 1 heterocycles. The molecule has 0 fully saturated rings. The number of aromatic amines is 1. The van der Waals surface area contributed by atoms with Gasteiger partial charge in [-0.05, 0) is 17.0 Å². The molecule has 5 nitrogen and oxygen atoms in total. The van der Waals surface area contributed by atoms with Crippen LogP contribution in [-0.2, 0) is 11.2 Å². The quantitative estimate of drug-likeness (QED) is 0.641. The summed E-state index contributed by atoms with van der Waals surface area (Å²) in [7, 11) is 0. The van der Waals surface area contributed by atoms with Gasteiger partial charge in [0.25, 0.3) is 0 Å². The minimum atomic E-state index is -0.384. The largest absolute Gasteiger partial charge is 0.449 e. The Morgan fingerprint density at radius 3 is 2.52 bits per heavy atom. The van der Waals surface area contributed by atoms with Crippen LogP contribution in [0.5, 0.6) is 0 Å². The Bertz CT molecular complexity index is 872. The summed E-state index contributed by atoms with van der Waals surface area (Å²) in [5.74, 6) is 1.16. The van der Waals surface area contributed by atoms with Gasteiger partial charge in [0.05, 0.1) is 12.3 Å². The summed E-state index contributed by atoms with van der Waals surface area (Å²) >= 11 is 0. The lowest BCUT2D eigenvalue weighted by Gasteiger charge is -2.08. The van der Waals surface area contributed by atoms with E-state index in [4.69, 9.17) is 9.72 Å². The first kappa shape index (κ1) is 18.7. The van der Waals surface area contributed by atoms with Gasteiger partial charge in [-0.25, -0.2) is 9.78 Å². The summed E-state index contributed by atoms with van der Waals surface area (Å²) in [6.45, 7) is 4.91. The maximum atomic E-state index is 11.6. The van der Waals surface area contributed by atoms with Crippen LogP contribution in [0.15, 0.2) is 60.8 Å². The highest BCUT2D eigenvalue weighted by Gasteiger charge is 2.10. The highest BCUT2D eigenvalue weighted by molar-refractivity contribution is 5.81. The van der Waals surface area contributed by atoms with Crippen molar-refractivity contribution in [1.82, 2.24) is 15.3 Å². The van der Waals surface area contributed by atoms with Gasteiger partial charge in [0.15, 0.2) is 0 Å². The number of nitrogens with zero attached hydrogens (tertiary/aromatic N) is 1. The lowest BCUT2D eigenvalue weighted by atomic mass is 9.98. The number of hydrogen-bond donors (Lipinski definition) is 2. The van der Waals surface area contributed by atoms with Crippen molar-refractivity contribution in [3.8, 4) is 22.4 Å². The summed E-state index contributed by atoms with van der Waals surface area (Å²) in [6, 6.07) is 18.5. The number of carbonyl (C=O) groups is 1. The van der Waals surface area contributed by atoms with E-state index in [-0.39, 0.29) is 6.09 Å². The van der Waals surface area contributed by atoms with E-state index >= 15 is 0 Å². The zero-order chi connectivity index (χ0) is 19.1. The van der Waals surface area contributed by atoms with Gasteiger partial charge in [-0.15, -0.1) is 0 Å². The molecule has 0 radical (unpaired) electrons. The number of hydrogen-bond acceptors (Lipinski definition) is 3. The van der Waals surface area contributed by atoms with Gasteiger partial charge >= 0.3 is 6.09 Å². The second-order valence-electron chi connectivity index (χ2n) is 6.81. The van der Waals surface area contributed by atoms with Crippen molar-refractivity contribution in [1.29, 1.82) is 0 Å². The van der Waals surface area contributed by atoms with Crippen molar-refractivity contribution in [3.63, 3.8) is 0 Å². The normalized spacial score (nSPS) is 10.8. The first-order valence-electron chi connectivity index (χ1n) is 9.23. The Morgan fingerprint density at radius 2 is 1.78 bits per heavy atom. The molecule has 0 saturated heterocycles. The standard InChI is InChI=1S/C22H25N3O2/c1-16(2)15-27-22(26)23-13-12-21-24-14-20(25-21)19-11-7-6-10-18(19)17-8-4-3-5-9-17/h3-11,14,16H,12-13,15H2,1-2H3,(H,23,26)(H,24,25). The number of carbonyl (C=O) groups excluding carboxylic acids is 1. The molecule has 1 aromatic heterocycles. The van der Waals surface area contributed by atoms with Gasteiger partial charge in [0.2, 0.25) is 0 Å². The number of nitrogens with one attached hydrogen (secondary N) is 2. The number of H-pyrrole nitrogens is 1. The predicted molar refractivity (Wildman–Crippen MR) is 107 cm³/mol. The molecule has 3 aromatic rings. The number of imidazole rings is 1. The maximum absolute atomic E-state index is 11.6. The summed E-state index contributed by atoms with van der Waals surface area (Å²) in [5, 5.41) is 2.75. The molecule has 140 valence electrons. The molecule has 0 saturated carbocycles. The number of alkyl carbamates (subject to hydrolysis) is 1. The topological polar surface area (TPSA) is 67.0 Å². The predicted octanol–water partition coefficient (Wildman–Crippen LogP) is 4.67.